The van der Waals surface area contributed by atoms with Gasteiger partial charge in [-0.3, -0.25) is 4.79 Å². The zero-order valence-corrected chi connectivity index (χ0v) is 11.7. The molecule has 0 saturated heterocycles. The lowest BCUT2D eigenvalue weighted by atomic mass is 10.1. The number of rotatable bonds is 6. The van der Waals surface area contributed by atoms with Crippen molar-refractivity contribution in [1.29, 1.82) is 0 Å². The third-order valence-electron chi connectivity index (χ3n) is 3.44. The summed E-state index contributed by atoms with van der Waals surface area (Å²) in [4.78, 5) is 12.1. The number of aliphatic hydroxyl groups is 1. The summed E-state index contributed by atoms with van der Waals surface area (Å²) < 4.78 is 10.3. The SMILES string of the molecule is COc1cc(N)c(C(=O)NCC(O)C2CC2)cc1OC. The van der Waals surface area contributed by atoms with Crippen LogP contribution in [-0.4, -0.2) is 37.9 Å². The molecule has 110 valence electrons. The number of nitrogen functional groups attached to an aromatic ring is 1. The van der Waals surface area contributed by atoms with E-state index in [4.69, 9.17) is 15.2 Å². The van der Waals surface area contributed by atoms with E-state index in [9.17, 15) is 9.90 Å². The molecule has 0 aromatic heterocycles. The normalized spacial score (nSPS) is 15.6. The highest BCUT2D eigenvalue weighted by Gasteiger charge is 2.30. The highest BCUT2D eigenvalue weighted by atomic mass is 16.5. The first kappa shape index (κ1) is 14.5. The van der Waals surface area contributed by atoms with Gasteiger partial charge in [0.25, 0.3) is 5.91 Å². The first-order valence-corrected chi connectivity index (χ1v) is 6.54. The molecule has 6 heteroatoms. The maximum atomic E-state index is 12.1. The second kappa shape index (κ2) is 6.00. The van der Waals surface area contributed by atoms with Crippen LogP contribution in [0.1, 0.15) is 23.2 Å². The second-order valence-electron chi connectivity index (χ2n) is 4.91. The van der Waals surface area contributed by atoms with Crippen LogP contribution in [0.3, 0.4) is 0 Å². The van der Waals surface area contributed by atoms with Gasteiger partial charge in [0, 0.05) is 18.3 Å². The maximum Gasteiger partial charge on any atom is 0.253 e. The summed E-state index contributed by atoms with van der Waals surface area (Å²) in [7, 11) is 3.00. The Bertz CT molecular complexity index is 500. The Morgan fingerprint density at radius 3 is 2.55 bits per heavy atom. The van der Waals surface area contributed by atoms with E-state index >= 15 is 0 Å². The fourth-order valence-corrected chi connectivity index (χ4v) is 2.03. The van der Waals surface area contributed by atoms with Crippen molar-refractivity contribution < 1.29 is 19.4 Å². The molecule has 1 unspecified atom stereocenters. The summed E-state index contributed by atoms with van der Waals surface area (Å²) in [5.74, 6) is 0.898. The molecule has 1 saturated carbocycles. The minimum atomic E-state index is -0.486. The molecular formula is C14H20N2O4. The molecule has 1 aliphatic carbocycles. The smallest absolute Gasteiger partial charge is 0.253 e. The molecule has 0 heterocycles. The largest absolute Gasteiger partial charge is 0.493 e. The molecule has 20 heavy (non-hydrogen) atoms. The molecule has 1 aromatic rings. The summed E-state index contributed by atoms with van der Waals surface area (Å²) in [6.45, 7) is 0.233. The molecule has 2 rings (SSSR count). The first-order chi connectivity index (χ1) is 9.56. The number of ether oxygens (including phenoxy) is 2. The van der Waals surface area contributed by atoms with Gasteiger partial charge in [-0.2, -0.15) is 0 Å². The standard InChI is InChI=1S/C14H20N2O4/c1-19-12-5-9(10(15)6-13(12)20-2)14(18)16-7-11(17)8-3-4-8/h5-6,8,11,17H,3-4,7,15H2,1-2H3,(H,16,18). The third-order valence-corrected chi connectivity index (χ3v) is 3.44. The molecule has 0 aliphatic heterocycles. The minimum absolute atomic E-state index is 0.233. The molecule has 1 amide bonds. The molecule has 1 aromatic carbocycles. The van der Waals surface area contributed by atoms with Crippen molar-refractivity contribution in [2.24, 2.45) is 5.92 Å². The van der Waals surface area contributed by atoms with Crippen molar-refractivity contribution in [3.63, 3.8) is 0 Å². The van der Waals surface area contributed by atoms with E-state index in [1.807, 2.05) is 0 Å². The fourth-order valence-electron chi connectivity index (χ4n) is 2.03. The molecule has 6 nitrogen and oxygen atoms in total. The predicted molar refractivity (Wildman–Crippen MR) is 75.0 cm³/mol. The lowest BCUT2D eigenvalue weighted by Gasteiger charge is -2.14. The molecule has 1 atom stereocenters. The summed E-state index contributed by atoms with van der Waals surface area (Å²) in [5.41, 5.74) is 6.46. The van der Waals surface area contributed by atoms with Crippen molar-refractivity contribution in [3.05, 3.63) is 17.7 Å². The van der Waals surface area contributed by atoms with Crippen LogP contribution in [0.25, 0.3) is 0 Å². The molecule has 0 spiro atoms. The number of amides is 1. The highest BCUT2D eigenvalue weighted by molar-refractivity contribution is 6.00. The Kier molecular flexibility index (Phi) is 4.34. The summed E-state index contributed by atoms with van der Waals surface area (Å²) in [5, 5.41) is 12.4. The van der Waals surface area contributed by atoms with E-state index in [2.05, 4.69) is 5.32 Å². The van der Waals surface area contributed by atoms with Crippen LogP contribution in [0.15, 0.2) is 12.1 Å². The van der Waals surface area contributed by atoms with Gasteiger partial charge in [-0.25, -0.2) is 0 Å². The summed E-state index contributed by atoms with van der Waals surface area (Å²) in [6, 6.07) is 3.08. The molecule has 1 aliphatic rings. The predicted octanol–water partition coefficient (Wildman–Crippen LogP) is 0.787. The molecule has 0 bridgehead atoms. The van der Waals surface area contributed by atoms with Gasteiger partial charge in [-0.15, -0.1) is 0 Å². The van der Waals surface area contributed by atoms with Crippen molar-refractivity contribution >= 4 is 11.6 Å². The number of carbonyl (C=O) groups is 1. The average molecular weight is 280 g/mol. The van der Waals surface area contributed by atoms with Gasteiger partial charge in [-0.1, -0.05) is 0 Å². The number of nitrogens with one attached hydrogen (secondary N) is 1. The van der Waals surface area contributed by atoms with Crippen molar-refractivity contribution in [1.82, 2.24) is 5.32 Å². The second-order valence-corrected chi connectivity index (χ2v) is 4.91. The zero-order chi connectivity index (χ0) is 14.7. The number of carbonyl (C=O) groups excluding carboxylic acids is 1. The van der Waals surface area contributed by atoms with Gasteiger partial charge in [0.1, 0.15) is 0 Å². The average Bonchev–Trinajstić information content (AvgIpc) is 3.28. The number of hydrogen-bond acceptors (Lipinski definition) is 5. The van der Waals surface area contributed by atoms with Crippen LogP contribution in [0.2, 0.25) is 0 Å². The summed E-state index contributed by atoms with van der Waals surface area (Å²) in [6.07, 6.45) is 1.56. The van der Waals surface area contributed by atoms with Crippen LogP contribution in [0.4, 0.5) is 5.69 Å². The van der Waals surface area contributed by atoms with Gasteiger partial charge in [0.05, 0.1) is 25.9 Å². The Morgan fingerprint density at radius 2 is 2.00 bits per heavy atom. The van der Waals surface area contributed by atoms with Crippen LogP contribution in [0, 0.1) is 5.92 Å². The van der Waals surface area contributed by atoms with Crippen molar-refractivity contribution in [2.75, 3.05) is 26.5 Å². The first-order valence-electron chi connectivity index (χ1n) is 6.54. The topological polar surface area (TPSA) is 93.8 Å². The molecule has 4 N–H and O–H groups in total. The van der Waals surface area contributed by atoms with Crippen LogP contribution >= 0.6 is 0 Å². The van der Waals surface area contributed by atoms with E-state index in [0.717, 1.165) is 12.8 Å². The maximum absolute atomic E-state index is 12.1. The Hall–Kier alpha value is -1.95. The lowest BCUT2D eigenvalue weighted by Crippen LogP contribution is -2.33. The van der Waals surface area contributed by atoms with E-state index in [-0.39, 0.29) is 12.5 Å². The molecule has 1 fully saturated rings. The van der Waals surface area contributed by atoms with E-state index in [0.29, 0.717) is 28.7 Å². The van der Waals surface area contributed by atoms with E-state index < -0.39 is 6.10 Å². The minimum Gasteiger partial charge on any atom is -0.493 e. The lowest BCUT2D eigenvalue weighted by molar-refractivity contribution is 0.0901. The molecule has 0 radical (unpaired) electrons. The highest BCUT2D eigenvalue weighted by Crippen LogP contribution is 2.33. The number of anilines is 1. The van der Waals surface area contributed by atoms with E-state index in [1.165, 1.54) is 20.3 Å². The quantitative estimate of drug-likeness (QED) is 0.670. The monoisotopic (exact) mass is 280 g/mol. The number of benzene rings is 1. The number of hydrogen-bond donors (Lipinski definition) is 3. The van der Waals surface area contributed by atoms with Gasteiger partial charge in [-0.05, 0) is 24.8 Å². The molecular weight excluding hydrogens is 260 g/mol. The van der Waals surface area contributed by atoms with Gasteiger partial charge < -0.3 is 25.6 Å². The number of nitrogens with two attached hydrogens (primary N) is 1. The van der Waals surface area contributed by atoms with E-state index in [1.54, 1.807) is 6.07 Å². The van der Waals surface area contributed by atoms with Crippen molar-refractivity contribution in [2.45, 2.75) is 18.9 Å². The van der Waals surface area contributed by atoms with Gasteiger partial charge in [0.2, 0.25) is 0 Å². The Labute approximate surface area is 117 Å². The number of aliphatic hydroxyl groups excluding tert-OH is 1. The van der Waals surface area contributed by atoms with Crippen molar-refractivity contribution in [3.8, 4) is 11.5 Å². The van der Waals surface area contributed by atoms with Crippen LogP contribution < -0.4 is 20.5 Å². The van der Waals surface area contributed by atoms with Crippen LogP contribution in [0.5, 0.6) is 11.5 Å². The Morgan fingerprint density at radius 1 is 1.40 bits per heavy atom. The van der Waals surface area contributed by atoms with Crippen LogP contribution in [-0.2, 0) is 0 Å². The Balaban J connectivity index is 2.08. The van der Waals surface area contributed by atoms with Gasteiger partial charge >= 0.3 is 0 Å². The summed E-state index contributed by atoms with van der Waals surface area (Å²) >= 11 is 0. The fraction of sp³-hybridized carbons (Fsp3) is 0.500. The zero-order valence-electron chi connectivity index (χ0n) is 11.7. The number of methoxy groups -OCH3 is 2. The van der Waals surface area contributed by atoms with Gasteiger partial charge in [0.15, 0.2) is 11.5 Å². The third kappa shape index (κ3) is 3.14.